The summed E-state index contributed by atoms with van der Waals surface area (Å²) in [4.78, 5) is 12.7. The molecule has 0 bridgehead atoms. The van der Waals surface area contributed by atoms with E-state index in [4.69, 9.17) is 4.74 Å². The first-order chi connectivity index (χ1) is 10.7. The van der Waals surface area contributed by atoms with Gasteiger partial charge in [0.05, 0.1) is 4.58 Å². The predicted molar refractivity (Wildman–Crippen MR) is 102 cm³/mol. The van der Waals surface area contributed by atoms with Crippen LogP contribution in [0.4, 0.5) is 5.69 Å². The second kappa shape index (κ2) is 8.62. The third kappa shape index (κ3) is 4.37. The molecule has 2 N–H and O–H groups in total. The maximum atomic E-state index is 12.7. The molecule has 2 aliphatic rings. The Morgan fingerprint density at radius 1 is 1.30 bits per heavy atom. The predicted octanol–water partition coefficient (Wildman–Crippen LogP) is 3.29. The van der Waals surface area contributed by atoms with Crippen LogP contribution >= 0.6 is 35.9 Å². The summed E-state index contributed by atoms with van der Waals surface area (Å²) in [7, 11) is 1.63. The van der Waals surface area contributed by atoms with E-state index in [9.17, 15) is 4.79 Å². The van der Waals surface area contributed by atoms with E-state index in [1.54, 1.807) is 7.11 Å². The van der Waals surface area contributed by atoms with Gasteiger partial charge in [-0.2, -0.15) is 0 Å². The van der Waals surface area contributed by atoms with Gasteiger partial charge in [0.15, 0.2) is 0 Å². The van der Waals surface area contributed by atoms with Gasteiger partial charge in [0, 0.05) is 24.3 Å². The van der Waals surface area contributed by atoms with E-state index in [2.05, 4.69) is 22.8 Å². The highest BCUT2D eigenvalue weighted by atomic mass is 35.5. The summed E-state index contributed by atoms with van der Waals surface area (Å²) in [6, 6.07) is 8.21. The molecule has 23 heavy (non-hydrogen) atoms. The van der Waals surface area contributed by atoms with Crippen LogP contribution in [0.3, 0.4) is 0 Å². The molecule has 0 aliphatic carbocycles. The first-order valence-electron chi connectivity index (χ1n) is 7.64. The topological polar surface area (TPSA) is 50.4 Å². The summed E-state index contributed by atoms with van der Waals surface area (Å²) in [5, 5.41) is 6.33. The maximum absolute atomic E-state index is 12.7. The van der Waals surface area contributed by atoms with Crippen molar-refractivity contribution in [1.29, 1.82) is 0 Å². The molecule has 7 heteroatoms. The van der Waals surface area contributed by atoms with E-state index in [1.165, 1.54) is 17.1 Å². The van der Waals surface area contributed by atoms with E-state index in [1.807, 2.05) is 35.7 Å². The number of hydrogen-bond acceptors (Lipinski definition) is 5. The molecule has 3 rings (SSSR count). The van der Waals surface area contributed by atoms with Gasteiger partial charge in [-0.15, -0.1) is 35.9 Å². The smallest absolute Gasteiger partial charge is 0.256 e. The van der Waals surface area contributed by atoms with Gasteiger partial charge in [0.1, 0.15) is 5.60 Å². The Hall–Kier alpha value is -0.400. The summed E-state index contributed by atoms with van der Waals surface area (Å²) in [5.74, 6) is 2.37. The van der Waals surface area contributed by atoms with Gasteiger partial charge in [-0.25, -0.2) is 0 Å². The Bertz CT molecular complexity index is 533. The average Bonchev–Trinajstić information content (AvgIpc) is 3.10. The first kappa shape index (κ1) is 18.9. The van der Waals surface area contributed by atoms with Crippen molar-refractivity contribution >= 4 is 47.5 Å². The number of methoxy groups -OCH3 is 1. The molecule has 1 aromatic rings. The molecule has 128 valence electrons. The minimum absolute atomic E-state index is 0. The minimum Gasteiger partial charge on any atom is -0.368 e. The van der Waals surface area contributed by atoms with Crippen LogP contribution in [0.1, 0.15) is 23.0 Å². The number of ether oxygens (including phenoxy) is 1. The standard InChI is InChI=1S/C16H22N2O2S2.ClH/c1-20-16(5-7-17-8-6-16)15(19)18-13-4-2-3-12(11-13)14-21-9-10-22-14;/h2-4,11,14,17H,5-10H2,1H3,(H,18,19);1H. The Morgan fingerprint density at radius 2 is 2.00 bits per heavy atom. The fourth-order valence-electron chi connectivity index (χ4n) is 2.91. The monoisotopic (exact) mass is 374 g/mol. The zero-order valence-electron chi connectivity index (χ0n) is 13.2. The molecule has 2 fully saturated rings. The van der Waals surface area contributed by atoms with Crippen LogP contribution in [0.15, 0.2) is 24.3 Å². The molecule has 2 saturated heterocycles. The molecule has 0 spiro atoms. The number of carbonyl (C=O) groups excluding carboxylic acids is 1. The Labute approximate surface area is 152 Å². The van der Waals surface area contributed by atoms with E-state index < -0.39 is 5.60 Å². The number of rotatable bonds is 4. The lowest BCUT2D eigenvalue weighted by atomic mass is 9.91. The van der Waals surface area contributed by atoms with Crippen LogP contribution in [0.25, 0.3) is 0 Å². The van der Waals surface area contributed by atoms with Gasteiger partial charge in [-0.3, -0.25) is 4.79 Å². The number of thioether (sulfide) groups is 2. The lowest BCUT2D eigenvalue weighted by Crippen LogP contribution is -2.51. The largest absolute Gasteiger partial charge is 0.368 e. The second-order valence-electron chi connectivity index (χ2n) is 5.60. The van der Waals surface area contributed by atoms with Crippen LogP contribution < -0.4 is 10.6 Å². The molecule has 2 aliphatic heterocycles. The maximum Gasteiger partial charge on any atom is 0.256 e. The van der Waals surface area contributed by atoms with Gasteiger partial charge in [-0.1, -0.05) is 12.1 Å². The van der Waals surface area contributed by atoms with Gasteiger partial charge in [0.25, 0.3) is 5.91 Å². The lowest BCUT2D eigenvalue weighted by molar-refractivity contribution is -0.140. The van der Waals surface area contributed by atoms with Crippen molar-refractivity contribution in [3.05, 3.63) is 29.8 Å². The first-order valence-corrected chi connectivity index (χ1v) is 9.74. The zero-order chi connectivity index (χ0) is 15.4. The molecular weight excluding hydrogens is 352 g/mol. The zero-order valence-corrected chi connectivity index (χ0v) is 15.6. The molecule has 0 aromatic heterocycles. The van der Waals surface area contributed by atoms with Crippen LogP contribution in [0.5, 0.6) is 0 Å². The summed E-state index contributed by atoms with van der Waals surface area (Å²) in [6.07, 6.45) is 1.42. The Morgan fingerprint density at radius 3 is 2.65 bits per heavy atom. The molecule has 2 heterocycles. The third-order valence-electron chi connectivity index (χ3n) is 4.25. The molecule has 1 aromatic carbocycles. The van der Waals surface area contributed by atoms with Gasteiger partial charge < -0.3 is 15.4 Å². The quantitative estimate of drug-likeness (QED) is 0.846. The Balaban J connectivity index is 0.00000192. The highest BCUT2D eigenvalue weighted by Gasteiger charge is 2.39. The number of amides is 1. The van der Waals surface area contributed by atoms with Crippen molar-refractivity contribution in [1.82, 2.24) is 5.32 Å². The normalized spacial score (nSPS) is 20.7. The average molecular weight is 375 g/mol. The second-order valence-corrected chi connectivity index (χ2v) is 8.33. The Kier molecular flexibility index (Phi) is 7.10. The van der Waals surface area contributed by atoms with Crippen LogP contribution in [-0.4, -0.2) is 43.2 Å². The summed E-state index contributed by atoms with van der Waals surface area (Å²) in [6.45, 7) is 1.63. The lowest BCUT2D eigenvalue weighted by Gasteiger charge is -2.34. The summed E-state index contributed by atoms with van der Waals surface area (Å²) in [5.41, 5.74) is 1.45. The van der Waals surface area contributed by atoms with E-state index in [-0.39, 0.29) is 18.3 Å². The summed E-state index contributed by atoms with van der Waals surface area (Å²) >= 11 is 3.94. The highest BCUT2D eigenvalue weighted by molar-refractivity contribution is 8.19. The molecule has 4 nitrogen and oxygen atoms in total. The van der Waals surface area contributed by atoms with Crippen LogP contribution in [0, 0.1) is 0 Å². The highest BCUT2D eigenvalue weighted by Crippen LogP contribution is 2.45. The number of carbonyl (C=O) groups is 1. The third-order valence-corrected chi connectivity index (χ3v) is 7.36. The van der Waals surface area contributed by atoms with E-state index in [0.717, 1.165) is 18.8 Å². The molecule has 0 saturated carbocycles. The molecular formula is C16H23ClN2O2S2. The number of piperidine rings is 1. The van der Waals surface area contributed by atoms with Crippen LogP contribution in [-0.2, 0) is 9.53 Å². The van der Waals surface area contributed by atoms with Crippen molar-refractivity contribution in [2.75, 3.05) is 37.0 Å². The number of anilines is 1. The number of nitrogens with one attached hydrogen (secondary N) is 2. The van der Waals surface area contributed by atoms with Gasteiger partial charge in [-0.05, 0) is 43.6 Å². The van der Waals surface area contributed by atoms with Crippen LogP contribution in [0.2, 0.25) is 0 Å². The fraction of sp³-hybridized carbons (Fsp3) is 0.562. The summed E-state index contributed by atoms with van der Waals surface area (Å²) < 4.78 is 6.08. The number of halogens is 1. The van der Waals surface area contributed by atoms with Crippen molar-refractivity contribution in [3.8, 4) is 0 Å². The molecule has 0 unspecified atom stereocenters. The molecule has 0 radical (unpaired) electrons. The fourth-order valence-corrected chi connectivity index (χ4v) is 5.75. The van der Waals surface area contributed by atoms with E-state index >= 15 is 0 Å². The SMILES string of the molecule is COC1(C(=O)Nc2cccc(C3SCCS3)c2)CCNCC1.Cl. The van der Waals surface area contributed by atoms with Crippen molar-refractivity contribution < 1.29 is 9.53 Å². The van der Waals surface area contributed by atoms with Crippen molar-refractivity contribution in [2.24, 2.45) is 0 Å². The minimum atomic E-state index is -0.696. The van der Waals surface area contributed by atoms with Gasteiger partial charge in [0.2, 0.25) is 0 Å². The van der Waals surface area contributed by atoms with Crippen molar-refractivity contribution in [2.45, 2.75) is 23.0 Å². The number of hydrogen-bond donors (Lipinski definition) is 2. The van der Waals surface area contributed by atoms with E-state index in [0.29, 0.717) is 17.4 Å². The molecule has 0 atom stereocenters. The number of benzene rings is 1. The molecule has 1 amide bonds. The van der Waals surface area contributed by atoms with Crippen molar-refractivity contribution in [3.63, 3.8) is 0 Å². The van der Waals surface area contributed by atoms with Gasteiger partial charge >= 0.3 is 0 Å².